The van der Waals surface area contributed by atoms with Crippen molar-refractivity contribution in [1.29, 1.82) is 0 Å². The van der Waals surface area contributed by atoms with Gasteiger partial charge in [0, 0.05) is 17.8 Å². The Hall–Kier alpha value is -2.32. The van der Waals surface area contributed by atoms with E-state index in [-0.39, 0.29) is 16.6 Å². The van der Waals surface area contributed by atoms with E-state index in [0.29, 0.717) is 24.0 Å². The standard InChI is InChI=1S/C23H28F2N2O3S/c1-15-11-16(2)23(17(3)12-15)31(29,30)27(19-7-5-4-6-8-19)14-22(28)26-18-9-10-20(24)21(25)13-18/h9-13,19H,4-8,14H2,1-3H3,(H,26,28). The number of aryl methyl sites for hydroxylation is 3. The number of nitrogens with one attached hydrogen (secondary N) is 1. The van der Waals surface area contributed by atoms with Crippen molar-refractivity contribution in [2.75, 3.05) is 11.9 Å². The van der Waals surface area contributed by atoms with Gasteiger partial charge in [-0.15, -0.1) is 0 Å². The van der Waals surface area contributed by atoms with Crippen LogP contribution >= 0.6 is 0 Å². The van der Waals surface area contributed by atoms with Crippen LogP contribution in [0.5, 0.6) is 0 Å². The highest BCUT2D eigenvalue weighted by atomic mass is 32.2. The van der Waals surface area contributed by atoms with Gasteiger partial charge in [-0.2, -0.15) is 4.31 Å². The van der Waals surface area contributed by atoms with Crippen molar-refractivity contribution in [2.24, 2.45) is 0 Å². The molecule has 0 unspecified atom stereocenters. The molecule has 0 saturated heterocycles. The van der Waals surface area contributed by atoms with E-state index < -0.39 is 34.1 Å². The fourth-order valence-corrected chi connectivity index (χ4v) is 6.44. The number of hydrogen-bond acceptors (Lipinski definition) is 3. The summed E-state index contributed by atoms with van der Waals surface area (Å²) in [6.07, 6.45) is 4.19. The minimum atomic E-state index is -3.94. The highest BCUT2D eigenvalue weighted by Crippen LogP contribution is 2.31. The predicted molar refractivity (Wildman–Crippen MR) is 116 cm³/mol. The predicted octanol–water partition coefficient (Wildman–Crippen LogP) is 4.85. The number of carbonyl (C=O) groups excluding carboxylic acids is 1. The Morgan fingerprint density at radius 2 is 1.61 bits per heavy atom. The zero-order valence-corrected chi connectivity index (χ0v) is 18.9. The monoisotopic (exact) mass is 450 g/mol. The van der Waals surface area contributed by atoms with E-state index in [2.05, 4.69) is 5.32 Å². The molecule has 0 atom stereocenters. The molecule has 0 radical (unpaired) electrons. The minimum Gasteiger partial charge on any atom is -0.325 e. The number of sulfonamides is 1. The van der Waals surface area contributed by atoms with E-state index in [1.54, 1.807) is 13.8 Å². The third-order valence-corrected chi connectivity index (χ3v) is 7.86. The normalized spacial score (nSPS) is 15.3. The molecule has 0 bridgehead atoms. The summed E-state index contributed by atoms with van der Waals surface area (Å²) in [4.78, 5) is 13.0. The third-order valence-electron chi connectivity index (χ3n) is 5.66. The molecule has 1 N–H and O–H groups in total. The Morgan fingerprint density at radius 3 is 2.19 bits per heavy atom. The highest BCUT2D eigenvalue weighted by molar-refractivity contribution is 7.89. The van der Waals surface area contributed by atoms with Gasteiger partial charge in [0.15, 0.2) is 11.6 Å². The van der Waals surface area contributed by atoms with E-state index in [0.717, 1.165) is 37.0 Å². The van der Waals surface area contributed by atoms with Crippen LogP contribution in [0.25, 0.3) is 0 Å². The lowest BCUT2D eigenvalue weighted by Gasteiger charge is -2.33. The summed E-state index contributed by atoms with van der Waals surface area (Å²) in [5, 5.41) is 2.49. The quantitative estimate of drug-likeness (QED) is 0.684. The van der Waals surface area contributed by atoms with Crippen LogP contribution in [0, 0.1) is 32.4 Å². The summed E-state index contributed by atoms with van der Waals surface area (Å²) in [6, 6.07) is 6.39. The largest absolute Gasteiger partial charge is 0.325 e. The first kappa shape index (κ1) is 23.3. The lowest BCUT2D eigenvalue weighted by Crippen LogP contribution is -2.46. The van der Waals surface area contributed by atoms with Crippen LogP contribution in [0.15, 0.2) is 35.2 Å². The number of rotatable bonds is 6. The van der Waals surface area contributed by atoms with Crippen molar-refractivity contribution in [3.05, 3.63) is 58.7 Å². The molecule has 0 spiro atoms. The maximum absolute atomic E-state index is 13.7. The number of carbonyl (C=O) groups is 1. The van der Waals surface area contributed by atoms with E-state index >= 15 is 0 Å². The van der Waals surface area contributed by atoms with Crippen LogP contribution in [0.3, 0.4) is 0 Å². The smallest absolute Gasteiger partial charge is 0.244 e. The molecule has 0 aliphatic heterocycles. The summed E-state index contributed by atoms with van der Waals surface area (Å²) in [6.45, 7) is 5.03. The highest BCUT2D eigenvalue weighted by Gasteiger charge is 2.35. The summed E-state index contributed by atoms with van der Waals surface area (Å²) in [5.41, 5.74) is 2.32. The van der Waals surface area contributed by atoms with Gasteiger partial charge in [-0.3, -0.25) is 4.79 Å². The van der Waals surface area contributed by atoms with E-state index in [1.165, 1.54) is 10.4 Å². The van der Waals surface area contributed by atoms with Gasteiger partial charge < -0.3 is 5.32 Å². The van der Waals surface area contributed by atoms with Gasteiger partial charge in [0.2, 0.25) is 15.9 Å². The Bertz CT molecular complexity index is 1060. The number of halogens is 2. The first-order chi connectivity index (χ1) is 14.6. The van der Waals surface area contributed by atoms with Crippen LogP contribution in [0.1, 0.15) is 48.8 Å². The Labute approximate surface area is 182 Å². The van der Waals surface area contributed by atoms with Gasteiger partial charge in [-0.05, 0) is 56.9 Å². The fraction of sp³-hybridized carbons (Fsp3) is 0.435. The van der Waals surface area contributed by atoms with Crippen molar-refractivity contribution >= 4 is 21.6 Å². The van der Waals surface area contributed by atoms with Crippen molar-refractivity contribution in [1.82, 2.24) is 4.31 Å². The Morgan fingerprint density at radius 1 is 1.00 bits per heavy atom. The summed E-state index contributed by atoms with van der Waals surface area (Å²) in [5.74, 6) is -2.70. The van der Waals surface area contributed by atoms with Gasteiger partial charge in [-0.25, -0.2) is 17.2 Å². The molecule has 1 saturated carbocycles. The number of anilines is 1. The molecule has 8 heteroatoms. The maximum atomic E-state index is 13.7. The molecule has 168 valence electrons. The lowest BCUT2D eigenvalue weighted by atomic mass is 9.95. The molecule has 3 rings (SSSR count). The second kappa shape index (κ2) is 9.44. The molecule has 1 fully saturated rings. The number of hydrogen-bond donors (Lipinski definition) is 1. The van der Waals surface area contributed by atoms with Gasteiger partial charge in [0.1, 0.15) is 0 Å². The Kier molecular flexibility index (Phi) is 7.11. The molecule has 31 heavy (non-hydrogen) atoms. The first-order valence-electron chi connectivity index (χ1n) is 10.4. The van der Waals surface area contributed by atoms with Crippen molar-refractivity contribution in [3.63, 3.8) is 0 Å². The zero-order valence-electron chi connectivity index (χ0n) is 18.0. The van der Waals surface area contributed by atoms with Crippen LogP contribution in [0.4, 0.5) is 14.5 Å². The summed E-state index contributed by atoms with van der Waals surface area (Å²) in [7, 11) is -3.94. The average Bonchev–Trinajstić information content (AvgIpc) is 2.68. The van der Waals surface area contributed by atoms with Crippen LogP contribution in [-0.4, -0.2) is 31.2 Å². The van der Waals surface area contributed by atoms with Crippen molar-refractivity contribution < 1.29 is 22.0 Å². The molecule has 1 aliphatic rings. The maximum Gasteiger partial charge on any atom is 0.244 e. The zero-order chi connectivity index (χ0) is 22.8. The molecule has 2 aromatic rings. The number of nitrogens with zero attached hydrogens (tertiary/aromatic N) is 1. The molecular weight excluding hydrogens is 422 g/mol. The van der Waals surface area contributed by atoms with Crippen LogP contribution in [-0.2, 0) is 14.8 Å². The van der Waals surface area contributed by atoms with Gasteiger partial charge in [0.25, 0.3) is 0 Å². The number of amides is 1. The molecule has 2 aromatic carbocycles. The van der Waals surface area contributed by atoms with Gasteiger partial charge >= 0.3 is 0 Å². The van der Waals surface area contributed by atoms with E-state index in [9.17, 15) is 22.0 Å². The van der Waals surface area contributed by atoms with E-state index in [4.69, 9.17) is 0 Å². The average molecular weight is 451 g/mol. The Balaban J connectivity index is 1.92. The second-order valence-electron chi connectivity index (χ2n) is 8.25. The van der Waals surface area contributed by atoms with Gasteiger partial charge in [-0.1, -0.05) is 37.0 Å². The molecular formula is C23H28F2N2O3S. The van der Waals surface area contributed by atoms with Crippen molar-refractivity contribution in [3.8, 4) is 0 Å². The molecule has 5 nitrogen and oxygen atoms in total. The third kappa shape index (κ3) is 5.30. The molecule has 1 aliphatic carbocycles. The first-order valence-corrected chi connectivity index (χ1v) is 11.9. The molecule has 1 amide bonds. The molecule has 0 aromatic heterocycles. The van der Waals surface area contributed by atoms with Crippen molar-refractivity contribution in [2.45, 2.75) is 63.8 Å². The lowest BCUT2D eigenvalue weighted by molar-refractivity contribution is -0.116. The topological polar surface area (TPSA) is 66.5 Å². The fourth-order valence-electron chi connectivity index (χ4n) is 4.39. The molecule has 0 heterocycles. The van der Waals surface area contributed by atoms with Crippen LogP contribution in [0.2, 0.25) is 0 Å². The summed E-state index contributed by atoms with van der Waals surface area (Å²) >= 11 is 0. The number of benzene rings is 2. The van der Waals surface area contributed by atoms with Gasteiger partial charge in [0.05, 0.1) is 11.4 Å². The van der Waals surface area contributed by atoms with Crippen LogP contribution < -0.4 is 5.32 Å². The van der Waals surface area contributed by atoms with E-state index in [1.807, 2.05) is 19.1 Å². The minimum absolute atomic E-state index is 0.0765. The summed E-state index contributed by atoms with van der Waals surface area (Å²) < 4.78 is 55.3. The second-order valence-corrected chi connectivity index (χ2v) is 10.1. The SMILES string of the molecule is Cc1cc(C)c(S(=O)(=O)N(CC(=O)Nc2ccc(F)c(F)c2)C2CCCCC2)c(C)c1.